The van der Waals surface area contributed by atoms with Crippen LogP contribution in [0, 0.1) is 0 Å². The quantitative estimate of drug-likeness (QED) is 0.555. The molecule has 162 valence electrons. The zero-order chi connectivity index (χ0) is 21.8. The molecule has 31 heavy (non-hydrogen) atoms. The average molecular weight is 446 g/mol. The van der Waals surface area contributed by atoms with Gasteiger partial charge in [0.15, 0.2) is 0 Å². The van der Waals surface area contributed by atoms with E-state index in [9.17, 15) is 18.0 Å². The van der Waals surface area contributed by atoms with E-state index in [0.29, 0.717) is 30.1 Å². The van der Waals surface area contributed by atoms with Crippen molar-refractivity contribution in [1.82, 2.24) is 14.8 Å². The third-order valence-electron chi connectivity index (χ3n) is 5.17. The minimum Gasteiger partial charge on any atom is -0.337 e. The molecule has 1 saturated heterocycles. The van der Waals surface area contributed by atoms with E-state index in [2.05, 4.69) is 0 Å². The standard InChI is InChI=1S/C23H22F3N3OS/c24-23(25,26)16-28-12-7-13-29(15-14-28)22(30)20-19(17-8-3-1-4-9-17)27-21(31-20)18-10-5-2-6-11-18/h1-6,8-11H,7,12-16H2. The Morgan fingerprint density at radius 2 is 1.55 bits per heavy atom. The van der Waals surface area contributed by atoms with Crippen LogP contribution >= 0.6 is 11.3 Å². The molecule has 8 heteroatoms. The van der Waals surface area contributed by atoms with Crippen LogP contribution in [0.3, 0.4) is 0 Å². The molecular formula is C23H22F3N3OS. The second kappa shape index (κ2) is 9.20. The summed E-state index contributed by atoms with van der Waals surface area (Å²) in [5, 5.41) is 0.747. The van der Waals surface area contributed by atoms with Crippen LogP contribution in [-0.4, -0.2) is 59.6 Å². The van der Waals surface area contributed by atoms with Crippen molar-refractivity contribution >= 4 is 17.2 Å². The summed E-state index contributed by atoms with van der Waals surface area (Å²) < 4.78 is 38.3. The molecule has 4 rings (SSSR count). The second-order valence-electron chi connectivity index (χ2n) is 7.47. The van der Waals surface area contributed by atoms with Gasteiger partial charge < -0.3 is 4.90 Å². The highest BCUT2D eigenvalue weighted by atomic mass is 32.1. The largest absolute Gasteiger partial charge is 0.401 e. The summed E-state index contributed by atoms with van der Waals surface area (Å²) in [6.07, 6.45) is -3.73. The number of nitrogens with zero attached hydrogens (tertiary/aromatic N) is 3. The number of alkyl halides is 3. The number of thiazole rings is 1. The molecule has 1 amide bonds. The van der Waals surface area contributed by atoms with Crippen LogP contribution in [0.1, 0.15) is 16.1 Å². The molecule has 1 aromatic heterocycles. The number of hydrogen-bond donors (Lipinski definition) is 0. The molecule has 1 aliphatic heterocycles. The summed E-state index contributed by atoms with van der Waals surface area (Å²) >= 11 is 1.33. The molecule has 0 bridgehead atoms. The molecule has 0 unspecified atom stereocenters. The third kappa shape index (κ3) is 5.32. The lowest BCUT2D eigenvalue weighted by molar-refractivity contribution is -0.145. The summed E-state index contributed by atoms with van der Waals surface area (Å²) in [4.78, 5) is 21.8. The van der Waals surface area contributed by atoms with E-state index < -0.39 is 12.7 Å². The fraction of sp³-hybridized carbons (Fsp3) is 0.304. The molecule has 0 N–H and O–H groups in total. The molecule has 4 nitrogen and oxygen atoms in total. The molecule has 2 heterocycles. The van der Waals surface area contributed by atoms with E-state index in [1.54, 1.807) is 4.90 Å². The number of carbonyl (C=O) groups is 1. The van der Waals surface area contributed by atoms with Gasteiger partial charge in [-0.1, -0.05) is 60.7 Å². The Hall–Kier alpha value is -2.71. The number of carbonyl (C=O) groups excluding carboxylic acids is 1. The number of halogens is 3. The van der Waals surface area contributed by atoms with Gasteiger partial charge >= 0.3 is 6.18 Å². The number of hydrogen-bond acceptors (Lipinski definition) is 4. The van der Waals surface area contributed by atoms with Gasteiger partial charge in [0.2, 0.25) is 0 Å². The summed E-state index contributed by atoms with van der Waals surface area (Å²) in [7, 11) is 0. The summed E-state index contributed by atoms with van der Waals surface area (Å²) in [5.41, 5.74) is 2.39. The van der Waals surface area contributed by atoms with E-state index in [0.717, 1.165) is 16.1 Å². The highest BCUT2D eigenvalue weighted by molar-refractivity contribution is 7.17. The van der Waals surface area contributed by atoms with Crippen molar-refractivity contribution in [3.8, 4) is 21.8 Å². The van der Waals surface area contributed by atoms with Gasteiger partial charge in [-0.25, -0.2) is 4.98 Å². The van der Waals surface area contributed by atoms with Crippen molar-refractivity contribution < 1.29 is 18.0 Å². The maximum absolute atomic E-state index is 13.4. The van der Waals surface area contributed by atoms with E-state index in [-0.39, 0.29) is 19.0 Å². The van der Waals surface area contributed by atoms with E-state index in [1.165, 1.54) is 16.2 Å². The first-order chi connectivity index (χ1) is 14.9. The van der Waals surface area contributed by atoms with Gasteiger partial charge in [-0.05, 0) is 6.42 Å². The highest BCUT2D eigenvalue weighted by Crippen LogP contribution is 2.35. The lowest BCUT2D eigenvalue weighted by Gasteiger charge is -2.22. The maximum atomic E-state index is 13.4. The molecule has 2 aromatic carbocycles. The molecule has 1 aliphatic rings. The number of benzene rings is 2. The Morgan fingerprint density at radius 3 is 2.19 bits per heavy atom. The normalized spacial score (nSPS) is 15.6. The Labute approximate surface area is 182 Å². The topological polar surface area (TPSA) is 36.4 Å². The average Bonchev–Trinajstić information content (AvgIpc) is 3.09. The zero-order valence-electron chi connectivity index (χ0n) is 16.8. The lowest BCUT2D eigenvalue weighted by atomic mass is 10.1. The summed E-state index contributed by atoms with van der Waals surface area (Å²) in [6, 6.07) is 19.2. The van der Waals surface area contributed by atoms with Crippen LogP contribution in [0.2, 0.25) is 0 Å². The molecule has 3 aromatic rings. The lowest BCUT2D eigenvalue weighted by Crippen LogP contribution is -2.38. The third-order valence-corrected chi connectivity index (χ3v) is 6.26. The van der Waals surface area contributed by atoms with Crippen molar-refractivity contribution in [2.75, 3.05) is 32.7 Å². The predicted octanol–water partition coefficient (Wildman–Crippen LogP) is 5.19. The smallest absolute Gasteiger partial charge is 0.337 e. The molecular weight excluding hydrogens is 423 g/mol. The van der Waals surface area contributed by atoms with Crippen LogP contribution in [0.5, 0.6) is 0 Å². The van der Waals surface area contributed by atoms with E-state index in [1.807, 2.05) is 60.7 Å². The van der Waals surface area contributed by atoms with Gasteiger partial charge in [-0.3, -0.25) is 9.69 Å². The minimum absolute atomic E-state index is 0.174. The molecule has 0 saturated carbocycles. The van der Waals surface area contributed by atoms with Crippen molar-refractivity contribution in [2.45, 2.75) is 12.6 Å². The highest BCUT2D eigenvalue weighted by Gasteiger charge is 2.32. The Bertz CT molecular complexity index is 1020. The van der Waals surface area contributed by atoms with Gasteiger partial charge in [0.05, 0.1) is 12.2 Å². The van der Waals surface area contributed by atoms with Crippen LogP contribution in [-0.2, 0) is 0 Å². The fourth-order valence-electron chi connectivity index (χ4n) is 3.69. The second-order valence-corrected chi connectivity index (χ2v) is 8.46. The van der Waals surface area contributed by atoms with Crippen molar-refractivity contribution in [3.05, 3.63) is 65.5 Å². The van der Waals surface area contributed by atoms with Crippen molar-refractivity contribution in [2.24, 2.45) is 0 Å². The Balaban J connectivity index is 1.62. The number of aromatic nitrogens is 1. The summed E-state index contributed by atoms with van der Waals surface area (Å²) in [6.45, 7) is 0.285. The van der Waals surface area contributed by atoms with Gasteiger partial charge in [0.25, 0.3) is 5.91 Å². The first kappa shape index (κ1) is 21.5. The minimum atomic E-state index is -4.23. The van der Waals surface area contributed by atoms with Crippen molar-refractivity contribution in [3.63, 3.8) is 0 Å². The summed E-state index contributed by atoms with van der Waals surface area (Å²) in [5.74, 6) is -0.174. The SMILES string of the molecule is O=C(c1sc(-c2ccccc2)nc1-c1ccccc1)N1CCCN(CC(F)(F)F)CC1. The first-order valence-corrected chi connectivity index (χ1v) is 10.9. The van der Waals surface area contributed by atoms with Crippen LogP contribution < -0.4 is 0 Å². The fourth-order valence-corrected chi connectivity index (χ4v) is 4.75. The van der Waals surface area contributed by atoms with Gasteiger partial charge in [0, 0.05) is 37.3 Å². The van der Waals surface area contributed by atoms with Crippen molar-refractivity contribution in [1.29, 1.82) is 0 Å². The Morgan fingerprint density at radius 1 is 0.903 bits per heavy atom. The monoisotopic (exact) mass is 445 g/mol. The predicted molar refractivity (Wildman–Crippen MR) is 116 cm³/mol. The molecule has 0 atom stereocenters. The van der Waals surface area contributed by atoms with Gasteiger partial charge in [0.1, 0.15) is 9.88 Å². The van der Waals surface area contributed by atoms with Crippen LogP contribution in [0.25, 0.3) is 21.8 Å². The van der Waals surface area contributed by atoms with Crippen LogP contribution in [0.4, 0.5) is 13.2 Å². The van der Waals surface area contributed by atoms with E-state index >= 15 is 0 Å². The van der Waals surface area contributed by atoms with Crippen LogP contribution in [0.15, 0.2) is 60.7 Å². The van der Waals surface area contributed by atoms with Gasteiger partial charge in [-0.2, -0.15) is 13.2 Å². The van der Waals surface area contributed by atoms with E-state index in [4.69, 9.17) is 4.98 Å². The zero-order valence-corrected chi connectivity index (χ0v) is 17.6. The first-order valence-electron chi connectivity index (χ1n) is 10.1. The number of rotatable bonds is 4. The number of amides is 1. The molecule has 0 spiro atoms. The molecule has 1 fully saturated rings. The van der Waals surface area contributed by atoms with Gasteiger partial charge in [-0.15, -0.1) is 11.3 Å². The molecule has 0 aliphatic carbocycles. The maximum Gasteiger partial charge on any atom is 0.401 e. The Kier molecular flexibility index (Phi) is 6.38. The molecule has 0 radical (unpaired) electrons.